The molecule has 0 aromatic heterocycles. The van der Waals surface area contributed by atoms with Crippen LogP contribution in [0.5, 0.6) is 0 Å². The lowest BCUT2D eigenvalue weighted by Gasteiger charge is -2.31. The van der Waals surface area contributed by atoms with Crippen LogP contribution in [0.1, 0.15) is 54.4 Å². The van der Waals surface area contributed by atoms with Crippen molar-refractivity contribution < 1.29 is 19.1 Å². The number of rotatable bonds is 2. The van der Waals surface area contributed by atoms with E-state index < -0.39 is 23.4 Å². The fraction of sp³-hybridized carbons (Fsp3) is 0.750. The fourth-order valence-corrected chi connectivity index (χ4v) is 2.05. The van der Waals surface area contributed by atoms with Crippen LogP contribution >= 0.6 is 0 Å². The Labute approximate surface area is 132 Å². The van der Waals surface area contributed by atoms with Gasteiger partial charge in [0.1, 0.15) is 11.2 Å². The number of hydrogen-bond donors (Lipinski definition) is 2. The average Bonchev–Trinajstić information content (AvgIpc) is 2.26. The van der Waals surface area contributed by atoms with Crippen LogP contribution in [0.2, 0.25) is 0 Å². The van der Waals surface area contributed by atoms with Gasteiger partial charge in [-0.3, -0.25) is 0 Å². The molecule has 126 valence electrons. The van der Waals surface area contributed by atoms with Crippen molar-refractivity contribution in [1.29, 1.82) is 0 Å². The molecule has 6 heteroatoms. The van der Waals surface area contributed by atoms with Gasteiger partial charge in [-0.2, -0.15) is 0 Å². The van der Waals surface area contributed by atoms with Crippen molar-refractivity contribution >= 4 is 12.2 Å². The van der Waals surface area contributed by atoms with Gasteiger partial charge in [0, 0.05) is 0 Å². The van der Waals surface area contributed by atoms with Crippen LogP contribution in [0.25, 0.3) is 0 Å². The molecule has 0 radical (unpaired) electrons. The highest BCUT2D eigenvalue weighted by Gasteiger charge is 2.29. The van der Waals surface area contributed by atoms with Crippen molar-refractivity contribution in [3.05, 3.63) is 12.2 Å². The molecule has 6 nitrogen and oxygen atoms in total. The highest BCUT2D eigenvalue weighted by atomic mass is 16.6. The van der Waals surface area contributed by atoms with Gasteiger partial charge in [0.05, 0.1) is 12.1 Å². The summed E-state index contributed by atoms with van der Waals surface area (Å²) in [6.07, 6.45) is 4.27. The van der Waals surface area contributed by atoms with Gasteiger partial charge in [0.2, 0.25) is 0 Å². The van der Waals surface area contributed by atoms with Crippen LogP contribution in [0.15, 0.2) is 12.2 Å². The smallest absolute Gasteiger partial charge is 0.407 e. The molecule has 1 aliphatic carbocycles. The van der Waals surface area contributed by atoms with Crippen LogP contribution in [0, 0.1) is 0 Å². The number of carbonyl (C=O) groups excluding carboxylic acids is 2. The van der Waals surface area contributed by atoms with Crippen LogP contribution in [-0.2, 0) is 9.47 Å². The third-order valence-corrected chi connectivity index (χ3v) is 2.84. The van der Waals surface area contributed by atoms with Gasteiger partial charge >= 0.3 is 12.2 Å². The summed E-state index contributed by atoms with van der Waals surface area (Å²) in [4.78, 5) is 23.8. The van der Waals surface area contributed by atoms with E-state index in [4.69, 9.17) is 9.47 Å². The minimum Gasteiger partial charge on any atom is -0.444 e. The van der Waals surface area contributed by atoms with Gasteiger partial charge in [-0.1, -0.05) is 12.2 Å². The molecule has 0 fully saturated rings. The van der Waals surface area contributed by atoms with E-state index in [2.05, 4.69) is 10.6 Å². The van der Waals surface area contributed by atoms with Crippen molar-refractivity contribution in [2.75, 3.05) is 0 Å². The maximum atomic E-state index is 11.9. The first kappa shape index (κ1) is 18.3. The Kier molecular flexibility index (Phi) is 5.85. The summed E-state index contributed by atoms with van der Waals surface area (Å²) in [5, 5.41) is 5.62. The standard InChI is InChI=1S/C16H28N2O4/c1-15(2,3)21-13(19)17-11-9-7-8-10-12(11)18-14(20)22-16(4,5)6/h7-8,11-12H,9-10H2,1-6H3,(H,17,19)(H,18,20)/t11-,12-/m0/s1. The van der Waals surface area contributed by atoms with Gasteiger partial charge < -0.3 is 20.1 Å². The van der Waals surface area contributed by atoms with Crippen LogP contribution in [0.3, 0.4) is 0 Å². The number of nitrogens with one attached hydrogen (secondary N) is 2. The van der Waals surface area contributed by atoms with E-state index in [1.807, 2.05) is 53.7 Å². The minimum atomic E-state index is -0.553. The first-order valence-corrected chi connectivity index (χ1v) is 7.60. The van der Waals surface area contributed by atoms with Crippen molar-refractivity contribution in [2.45, 2.75) is 77.7 Å². The quantitative estimate of drug-likeness (QED) is 0.768. The Morgan fingerprint density at radius 1 is 0.818 bits per heavy atom. The lowest BCUT2D eigenvalue weighted by molar-refractivity contribution is 0.0428. The minimum absolute atomic E-state index is 0.215. The molecule has 0 unspecified atom stereocenters. The Bertz CT molecular complexity index is 392. The molecule has 0 aliphatic heterocycles. The highest BCUT2D eigenvalue weighted by molar-refractivity contribution is 5.70. The molecule has 2 atom stereocenters. The summed E-state index contributed by atoms with van der Waals surface area (Å²) in [5.74, 6) is 0. The Morgan fingerprint density at radius 2 is 1.14 bits per heavy atom. The normalized spacial score (nSPS) is 21.9. The molecule has 0 aromatic carbocycles. The number of amides is 2. The number of alkyl carbamates (subject to hydrolysis) is 2. The molecule has 1 aliphatic rings. The monoisotopic (exact) mass is 312 g/mol. The van der Waals surface area contributed by atoms with E-state index in [0.717, 1.165) is 0 Å². The van der Waals surface area contributed by atoms with E-state index in [-0.39, 0.29) is 12.1 Å². The zero-order valence-corrected chi connectivity index (χ0v) is 14.4. The van der Waals surface area contributed by atoms with Crippen molar-refractivity contribution in [3.8, 4) is 0 Å². The van der Waals surface area contributed by atoms with E-state index in [1.54, 1.807) is 0 Å². The topological polar surface area (TPSA) is 76.7 Å². The molecule has 0 aromatic rings. The van der Waals surface area contributed by atoms with Crippen LogP contribution in [-0.4, -0.2) is 35.5 Å². The molecule has 0 bridgehead atoms. The second kappa shape index (κ2) is 7.03. The summed E-state index contributed by atoms with van der Waals surface area (Å²) < 4.78 is 10.5. The van der Waals surface area contributed by atoms with Gasteiger partial charge in [0.25, 0.3) is 0 Å². The number of hydrogen-bond acceptors (Lipinski definition) is 4. The van der Waals surface area contributed by atoms with Gasteiger partial charge in [0.15, 0.2) is 0 Å². The molecule has 0 spiro atoms. The first-order chi connectivity index (χ1) is 9.96. The molecular formula is C16H28N2O4. The second-order valence-corrected chi connectivity index (χ2v) is 7.45. The molecule has 0 heterocycles. The Morgan fingerprint density at radius 3 is 1.41 bits per heavy atom. The lowest BCUT2D eigenvalue weighted by atomic mass is 9.96. The second-order valence-electron chi connectivity index (χ2n) is 7.45. The predicted octanol–water partition coefficient (Wildman–Crippen LogP) is 3.12. The summed E-state index contributed by atoms with van der Waals surface area (Å²) in [6.45, 7) is 10.9. The molecule has 1 rings (SSSR count). The SMILES string of the molecule is CC(C)(C)OC(=O)N[C@H]1CC=CC[C@@H]1NC(=O)OC(C)(C)C. The van der Waals surface area contributed by atoms with E-state index >= 15 is 0 Å². The fourth-order valence-electron chi connectivity index (χ4n) is 2.05. The van der Waals surface area contributed by atoms with Gasteiger partial charge in [-0.25, -0.2) is 9.59 Å². The predicted molar refractivity (Wildman–Crippen MR) is 84.7 cm³/mol. The van der Waals surface area contributed by atoms with Gasteiger partial charge in [-0.05, 0) is 54.4 Å². The Balaban J connectivity index is 2.59. The molecule has 0 saturated heterocycles. The highest BCUT2D eigenvalue weighted by Crippen LogP contribution is 2.15. The number of ether oxygens (including phenoxy) is 2. The maximum Gasteiger partial charge on any atom is 0.407 e. The molecular weight excluding hydrogens is 284 g/mol. The third-order valence-electron chi connectivity index (χ3n) is 2.84. The molecule has 0 saturated carbocycles. The van der Waals surface area contributed by atoms with Crippen molar-refractivity contribution in [3.63, 3.8) is 0 Å². The molecule has 2 amide bonds. The van der Waals surface area contributed by atoms with E-state index in [9.17, 15) is 9.59 Å². The summed E-state index contributed by atoms with van der Waals surface area (Å²) in [6, 6.07) is -0.431. The summed E-state index contributed by atoms with van der Waals surface area (Å²) in [5.41, 5.74) is -1.11. The summed E-state index contributed by atoms with van der Waals surface area (Å²) >= 11 is 0. The zero-order valence-electron chi connectivity index (χ0n) is 14.4. The maximum absolute atomic E-state index is 11.9. The average molecular weight is 312 g/mol. The largest absolute Gasteiger partial charge is 0.444 e. The van der Waals surface area contributed by atoms with Crippen molar-refractivity contribution in [2.24, 2.45) is 0 Å². The molecule has 2 N–H and O–H groups in total. The van der Waals surface area contributed by atoms with Crippen LogP contribution in [0.4, 0.5) is 9.59 Å². The van der Waals surface area contributed by atoms with Gasteiger partial charge in [-0.15, -0.1) is 0 Å². The first-order valence-electron chi connectivity index (χ1n) is 7.60. The molecule has 22 heavy (non-hydrogen) atoms. The summed E-state index contributed by atoms with van der Waals surface area (Å²) in [7, 11) is 0. The van der Waals surface area contributed by atoms with E-state index in [0.29, 0.717) is 12.8 Å². The lowest BCUT2D eigenvalue weighted by Crippen LogP contribution is -2.53. The van der Waals surface area contributed by atoms with E-state index in [1.165, 1.54) is 0 Å². The van der Waals surface area contributed by atoms with Crippen LogP contribution < -0.4 is 10.6 Å². The zero-order chi connectivity index (χ0) is 17.0. The number of carbonyl (C=O) groups is 2. The Hall–Kier alpha value is -1.72. The van der Waals surface area contributed by atoms with Crippen molar-refractivity contribution in [1.82, 2.24) is 10.6 Å². The third kappa shape index (κ3) is 7.33.